The van der Waals surface area contributed by atoms with Crippen molar-refractivity contribution in [3.63, 3.8) is 0 Å². The van der Waals surface area contributed by atoms with E-state index in [1.54, 1.807) is 36.4 Å². The molecular weight excluding hydrogens is 450 g/mol. The van der Waals surface area contributed by atoms with Crippen molar-refractivity contribution in [1.29, 1.82) is 0 Å². The second kappa shape index (κ2) is 7.68. The summed E-state index contributed by atoms with van der Waals surface area (Å²) in [6.07, 6.45) is 0. The molecule has 0 saturated carbocycles. The minimum atomic E-state index is -0.467. The lowest BCUT2D eigenvalue weighted by atomic mass is 10.1. The Labute approximate surface area is 203 Å². The van der Waals surface area contributed by atoms with Crippen LogP contribution in [0.1, 0.15) is 0 Å². The summed E-state index contributed by atoms with van der Waals surface area (Å²) in [5, 5.41) is 1.33. The van der Waals surface area contributed by atoms with Gasteiger partial charge in [0.15, 0.2) is 0 Å². The molecule has 0 spiro atoms. The number of benzene rings is 4. The summed E-state index contributed by atoms with van der Waals surface area (Å²) < 4.78 is 2.83. The van der Waals surface area contributed by atoms with E-state index < -0.39 is 5.56 Å². The molecule has 0 fully saturated rings. The predicted molar refractivity (Wildman–Crippen MR) is 141 cm³/mol. The first kappa shape index (κ1) is 20.2. The lowest BCUT2D eigenvalue weighted by Gasteiger charge is -2.15. The van der Waals surface area contributed by atoms with Gasteiger partial charge in [0.05, 0.1) is 33.1 Å². The lowest BCUT2D eigenvalue weighted by Crippen LogP contribution is -2.29. The summed E-state index contributed by atoms with van der Waals surface area (Å²) >= 11 is 0. The summed E-state index contributed by atoms with van der Waals surface area (Å²) in [7, 11) is 0. The third-order valence-corrected chi connectivity index (χ3v) is 6.37. The molecular formula is C29H17N5O2. The van der Waals surface area contributed by atoms with Gasteiger partial charge in [-0.15, -0.1) is 0 Å². The molecule has 36 heavy (non-hydrogen) atoms. The van der Waals surface area contributed by atoms with E-state index in [-0.39, 0.29) is 17.2 Å². The highest BCUT2D eigenvalue weighted by molar-refractivity contribution is 5.93. The summed E-state index contributed by atoms with van der Waals surface area (Å²) in [5.74, 6) is 0.221. The Morgan fingerprint density at radius 3 is 1.92 bits per heavy atom. The number of hydrogen-bond acceptors (Lipinski definition) is 5. The van der Waals surface area contributed by atoms with Crippen LogP contribution in [0.5, 0.6) is 0 Å². The topological polar surface area (TPSA) is 82.1 Å². The molecule has 0 N–H and O–H groups in total. The summed E-state index contributed by atoms with van der Waals surface area (Å²) in [4.78, 5) is 41.7. The zero-order valence-corrected chi connectivity index (χ0v) is 18.9. The minimum Gasteiger partial charge on any atom is -0.268 e. The molecule has 7 rings (SSSR count). The van der Waals surface area contributed by atoms with Crippen molar-refractivity contribution in [3.8, 4) is 17.2 Å². The van der Waals surface area contributed by atoms with E-state index in [0.29, 0.717) is 27.5 Å². The second-order valence-corrected chi connectivity index (χ2v) is 8.48. The number of aromatic nitrogens is 5. The van der Waals surface area contributed by atoms with Gasteiger partial charge >= 0.3 is 5.56 Å². The number of nitrogens with zero attached hydrogens (tertiary/aromatic N) is 5. The average Bonchev–Trinajstić information content (AvgIpc) is 2.93. The van der Waals surface area contributed by atoms with E-state index in [9.17, 15) is 9.59 Å². The average molecular weight is 467 g/mol. The van der Waals surface area contributed by atoms with E-state index in [0.717, 1.165) is 16.6 Å². The maximum absolute atomic E-state index is 14.0. The maximum Gasteiger partial charge on any atom is 0.301 e. The number of rotatable bonds is 2. The fraction of sp³-hybridized carbons (Fsp3) is 0. The Kier molecular flexibility index (Phi) is 4.31. The third-order valence-electron chi connectivity index (χ3n) is 6.37. The molecule has 170 valence electrons. The molecule has 0 saturated heterocycles. The first-order chi connectivity index (χ1) is 17.7. The van der Waals surface area contributed by atoms with Gasteiger partial charge in [0.25, 0.3) is 5.56 Å². The largest absolute Gasteiger partial charge is 0.301 e. The molecule has 3 aromatic heterocycles. The van der Waals surface area contributed by atoms with Crippen LogP contribution < -0.4 is 11.1 Å². The Hall–Kier alpha value is -5.17. The van der Waals surface area contributed by atoms with E-state index in [4.69, 9.17) is 9.97 Å². The molecule has 0 aliphatic carbocycles. The minimum absolute atomic E-state index is 0.0235. The van der Waals surface area contributed by atoms with Gasteiger partial charge in [-0.25, -0.2) is 19.5 Å². The molecule has 7 nitrogen and oxygen atoms in total. The quantitative estimate of drug-likeness (QED) is 0.270. The van der Waals surface area contributed by atoms with Crippen molar-refractivity contribution in [2.75, 3.05) is 0 Å². The highest BCUT2D eigenvalue weighted by Crippen LogP contribution is 2.27. The lowest BCUT2D eigenvalue weighted by molar-refractivity contribution is 0.916. The van der Waals surface area contributed by atoms with Crippen LogP contribution in [0, 0.1) is 0 Å². The Morgan fingerprint density at radius 1 is 0.528 bits per heavy atom. The standard InChI is InChI=1S/C29H17N5O2/c35-27-20-13-5-7-15-22(20)30-26-28(36)34(24-17-9-8-16-23(24)33(26)27)29-31-21-14-6-4-12-19(21)25(32-29)18-10-2-1-3-11-18/h1-17H. The monoisotopic (exact) mass is 467 g/mol. The van der Waals surface area contributed by atoms with E-state index >= 15 is 0 Å². The van der Waals surface area contributed by atoms with Gasteiger partial charge in [0.1, 0.15) is 0 Å². The molecule has 0 amide bonds. The van der Waals surface area contributed by atoms with Crippen molar-refractivity contribution >= 4 is 38.5 Å². The van der Waals surface area contributed by atoms with Crippen molar-refractivity contribution in [2.24, 2.45) is 0 Å². The SMILES string of the molecule is O=c1c2nc3ccccc3c(=O)n2c2ccccc2n1-c1nc(-c2ccccc2)c2ccccc2n1. The van der Waals surface area contributed by atoms with Crippen molar-refractivity contribution < 1.29 is 0 Å². The van der Waals surface area contributed by atoms with E-state index in [1.807, 2.05) is 66.7 Å². The second-order valence-electron chi connectivity index (χ2n) is 8.48. The van der Waals surface area contributed by atoms with Gasteiger partial charge in [-0.2, -0.15) is 0 Å². The van der Waals surface area contributed by atoms with Crippen LogP contribution in [-0.2, 0) is 0 Å². The molecule has 7 aromatic rings. The van der Waals surface area contributed by atoms with Crippen molar-refractivity contribution in [2.45, 2.75) is 0 Å². The zero-order valence-electron chi connectivity index (χ0n) is 18.9. The normalized spacial score (nSPS) is 11.6. The zero-order chi connectivity index (χ0) is 24.2. The van der Waals surface area contributed by atoms with Crippen LogP contribution in [0.2, 0.25) is 0 Å². The van der Waals surface area contributed by atoms with Gasteiger partial charge < -0.3 is 0 Å². The Balaban J connectivity index is 1.66. The predicted octanol–water partition coefficient (Wildman–Crippen LogP) is 4.76. The number of hydrogen-bond donors (Lipinski definition) is 0. The molecule has 0 aliphatic heterocycles. The first-order valence-electron chi connectivity index (χ1n) is 11.5. The highest BCUT2D eigenvalue weighted by atomic mass is 16.1. The Bertz CT molecular complexity index is 2100. The van der Waals surface area contributed by atoms with Crippen LogP contribution in [0.25, 0.3) is 55.7 Å². The smallest absolute Gasteiger partial charge is 0.268 e. The molecule has 3 heterocycles. The van der Waals surface area contributed by atoms with Crippen LogP contribution in [0.4, 0.5) is 0 Å². The molecule has 0 unspecified atom stereocenters. The molecule has 0 radical (unpaired) electrons. The number of para-hydroxylation sites is 4. The van der Waals surface area contributed by atoms with Crippen LogP contribution in [-0.4, -0.2) is 23.9 Å². The van der Waals surface area contributed by atoms with Crippen LogP contribution in [0.15, 0.2) is 113 Å². The summed E-state index contributed by atoms with van der Waals surface area (Å²) in [6.45, 7) is 0. The molecule has 0 bridgehead atoms. The van der Waals surface area contributed by atoms with Gasteiger partial charge in [-0.1, -0.05) is 72.8 Å². The van der Waals surface area contributed by atoms with Crippen molar-refractivity contribution in [1.82, 2.24) is 23.9 Å². The van der Waals surface area contributed by atoms with Gasteiger partial charge in [0, 0.05) is 10.9 Å². The first-order valence-corrected chi connectivity index (χ1v) is 11.5. The van der Waals surface area contributed by atoms with Crippen molar-refractivity contribution in [3.05, 3.63) is 124 Å². The molecule has 7 heteroatoms. The van der Waals surface area contributed by atoms with E-state index in [1.165, 1.54) is 8.97 Å². The van der Waals surface area contributed by atoms with Gasteiger partial charge in [-0.05, 0) is 30.3 Å². The molecule has 0 aliphatic rings. The molecule has 4 aromatic carbocycles. The maximum atomic E-state index is 14.0. The highest BCUT2D eigenvalue weighted by Gasteiger charge is 2.19. The Morgan fingerprint density at radius 2 is 1.14 bits per heavy atom. The summed E-state index contributed by atoms with van der Waals surface area (Å²) in [6, 6.07) is 31.8. The third kappa shape index (κ3) is 2.89. The van der Waals surface area contributed by atoms with Gasteiger partial charge in [0.2, 0.25) is 11.6 Å². The molecule has 0 atom stereocenters. The van der Waals surface area contributed by atoms with E-state index in [2.05, 4.69) is 4.98 Å². The summed E-state index contributed by atoms with van der Waals surface area (Å²) in [5.41, 5.74) is 3.14. The van der Waals surface area contributed by atoms with Crippen LogP contribution >= 0.6 is 0 Å². The van der Waals surface area contributed by atoms with Crippen LogP contribution in [0.3, 0.4) is 0 Å². The fourth-order valence-electron chi connectivity index (χ4n) is 4.73. The fourth-order valence-corrected chi connectivity index (χ4v) is 4.73. The van der Waals surface area contributed by atoms with Gasteiger partial charge in [-0.3, -0.25) is 14.0 Å². The number of fused-ring (bicyclic) bond motifs is 5.